The van der Waals surface area contributed by atoms with E-state index in [1.165, 1.54) is 0 Å². The number of imide groups is 1. The molecule has 0 aromatic heterocycles. The van der Waals surface area contributed by atoms with Crippen molar-refractivity contribution in [3.05, 3.63) is 29.8 Å². The first-order valence-corrected chi connectivity index (χ1v) is 8.70. The molecule has 3 rings (SSSR count). The fourth-order valence-corrected chi connectivity index (χ4v) is 2.89. The van der Waals surface area contributed by atoms with E-state index in [2.05, 4.69) is 15.5 Å². The molecule has 1 aromatic carbocycles. The molecule has 1 heterocycles. The minimum absolute atomic E-state index is 0.0631. The highest BCUT2D eigenvalue weighted by atomic mass is 16.2. The number of ketones is 1. The molecule has 7 heteroatoms. The Morgan fingerprint density at radius 3 is 2.24 bits per heavy atom. The van der Waals surface area contributed by atoms with Gasteiger partial charge in [-0.1, -0.05) is 0 Å². The van der Waals surface area contributed by atoms with E-state index in [4.69, 9.17) is 0 Å². The Morgan fingerprint density at radius 2 is 1.68 bits per heavy atom. The van der Waals surface area contributed by atoms with Gasteiger partial charge in [-0.2, -0.15) is 0 Å². The number of anilines is 1. The van der Waals surface area contributed by atoms with Crippen LogP contribution in [0.4, 0.5) is 10.5 Å². The number of hydrogen-bond donors (Lipinski definition) is 2. The van der Waals surface area contributed by atoms with Crippen molar-refractivity contribution >= 4 is 23.4 Å². The van der Waals surface area contributed by atoms with Crippen LogP contribution in [0.15, 0.2) is 24.3 Å². The van der Waals surface area contributed by atoms with Gasteiger partial charge in [0.1, 0.15) is 0 Å². The molecule has 7 nitrogen and oxygen atoms in total. The second-order valence-electron chi connectivity index (χ2n) is 6.66. The maximum Gasteiger partial charge on any atom is 0.321 e. The van der Waals surface area contributed by atoms with Crippen LogP contribution in [-0.4, -0.2) is 61.4 Å². The van der Waals surface area contributed by atoms with Crippen LogP contribution in [0.25, 0.3) is 0 Å². The number of amides is 3. The second kappa shape index (κ2) is 7.65. The summed E-state index contributed by atoms with van der Waals surface area (Å²) >= 11 is 0. The first-order chi connectivity index (χ1) is 12.0. The van der Waals surface area contributed by atoms with Gasteiger partial charge in [-0.15, -0.1) is 0 Å². The molecule has 1 aliphatic carbocycles. The van der Waals surface area contributed by atoms with Crippen molar-refractivity contribution in [3.63, 3.8) is 0 Å². The summed E-state index contributed by atoms with van der Waals surface area (Å²) in [6.45, 7) is 4.92. The predicted octanol–water partition coefficient (Wildman–Crippen LogP) is 0.999. The van der Waals surface area contributed by atoms with E-state index in [0.29, 0.717) is 5.56 Å². The van der Waals surface area contributed by atoms with Crippen molar-refractivity contribution in [2.24, 2.45) is 0 Å². The maximum atomic E-state index is 11.9. The number of benzene rings is 1. The fraction of sp³-hybridized carbons (Fsp3) is 0.500. The zero-order valence-electron chi connectivity index (χ0n) is 14.5. The number of Topliss-reactive ketones (excluding diaryl/α,β-unsaturated/α-hetero) is 1. The molecule has 0 atom stereocenters. The monoisotopic (exact) mass is 344 g/mol. The highest BCUT2D eigenvalue weighted by Crippen LogP contribution is 2.18. The van der Waals surface area contributed by atoms with Crippen LogP contribution in [-0.2, 0) is 4.79 Å². The second-order valence-corrected chi connectivity index (χ2v) is 6.66. The van der Waals surface area contributed by atoms with Crippen LogP contribution in [0.5, 0.6) is 0 Å². The molecule has 1 aromatic rings. The number of nitrogens with one attached hydrogen (secondary N) is 2. The first-order valence-electron chi connectivity index (χ1n) is 8.70. The Labute approximate surface area is 147 Å². The summed E-state index contributed by atoms with van der Waals surface area (Å²) in [7, 11) is 0. The minimum Gasteiger partial charge on any atom is -0.369 e. The number of hydrogen-bond acceptors (Lipinski definition) is 5. The van der Waals surface area contributed by atoms with Gasteiger partial charge in [-0.05, 0) is 44.0 Å². The molecule has 1 aliphatic heterocycles. The Bertz CT molecular complexity index is 647. The van der Waals surface area contributed by atoms with Gasteiger partial charge in [0, 0.05) is 43.5 Å². The predicted molar refractivity (Wildman–Crippen MR) is 94.8 cm³/mol. The maximum absolute atomic E-state index is 11.9. The van der Waals surface area contributed by atoms with E-state index in [1.54, 1.807) is 6.92 Å². The summed E-state index contributed by atoms with van der Waals surface area (Å²) in [6, 6.07) is 7.46. The average molecular weight is 344 g/mol. The SMILES string of the molecule is CC(=O)c1ccc(N2CCN(CC(=O)NC(=O)NC3CC3)CC2)cc1. The number of carbonyl (C=O) groups excluding carboxylic acids is 3. The van der Waals surface area contributed by atoms with Crippen LogP contribution in [0, 0.1) is 0 Å². The summed E-state index contributed by atoms with van der Waals surface area (Å²) in [4.78, 5) is 39.1. The van der Waals surface area contributed by atoms with Crippen molar-refractivity contribution in [3.8, 4) is 0 Å². The van der Waals surface area contributed by atoms with Crippen molar-refractivity contribution in [2.75, 3.05) is 37.6 Å². The lowest BCUT2D eigenvalue weighted by Crippen LogP contribution is -2.51. The number of nitrogens with zero attached hydrogens (tertiary/aromatic N) is 2. The Balaban J connectivity index is 1.42. The average Bonchev–Trinajstić information content (AvgIpc) is 3.39. The molecule has 0 spiro atoms. The summed E-state index contributed by atoms with van der Waals surface area (Å²) in [5.41, 5.74) is 1.79. The highest BCUT2D eigenvalue weighted by molar-refractivity contribution is 5.95. The third kappa shape index (κ3) is 5.03. The Hall–Kier alpha value is -2.41. The first kappa shape index (κ1) is 17.4. The van der Waals surface area contributed by atoms with Crippen molar-refractivity contribution in [2.45, 2.75) is 25.8 Å². The smallest absolute Gasteiger partial charge is 0.321 e. The molecule has 0 radical (unpaired) electrons. The molecule has 1 saturated heterocycles. The minimum atomic E-state index is -0.392. The van der Waals surface area contributed by atoms with Crippen molar-refractivity contribution in [1.82, 2.24) is 15.5 Å². The van der Waals surface area contributed by atoms with Gasteiger partial charge < -0.3 is 10.2 Å². The summed E-state index contributed by atoms with van der Waals surface area (Å²) in [6.07, 6.45) is 1.99. The molecule has 25 heavy (non-hydrogen) atoms. The fourth-order valence-electron chi connectivity index (χ4n) is 2.89. The zero-order chi connectivity index (χ0) is 17.8. The van der Waals surface area contributed by atoms with Crippen LogP contribution >= 0.6 is 0 Å². The molecular formula is C18H24N4O3. The standard InChI is InChI=1S/C18H24N4O3/c1-13(23)14-2-6-16(7-3-14)22-10-8-21(9-11-22)12-17(24)20-18(25)19-15-4-5-15/h2-3,6-7,15H,4-5,8-12H2,1H3,(H2,19,20,24,25). The molecular weight excluding hydrogens is 320 g/mol. The van der Waals surface area contributed by atoms with Crippen LogP contribution in [0.1, 0.15) is 30.1 Å². The van der Waals surface area contributed by atoms with Gasteiger partial charge in [0.15, 0.2) is 5.78 Å². The van der Waals surface area contributed by atoms with Gasteiger partial charge in [-0.3, -0.25) is 19.8 Å². The molecule has 2 aliphatic rings. The van der Waals surface area contributed by atoms with Gasteiger partial charge in [0.05, 0.1) is 6.54 Å². The molecule has 2 fully saturated rings. The summed E-state index contributed by atoms with van der Waals surface area (Å²) in [5, 5.41) is 5.12. The quantitative estimate of drug-likeness (QED) is 0.779. The third-order valence-electron chi connectivity index (χ3n) is 4.54. The molecule has 0 bridgehead atoms. The lowest BCUT2D eigenvalue weighted by molar-refractivity contribution is -0.121. The summed E-state index contributed by atoms with van der Waals surface area (Å²) < 4.78 is 0. The van der Waals surface area contributed by atoms with Gasteiger partial charge in [-0.25, -0.2) is 4.79 Å². The number of piperazine rings is 1. The Kier molecular flexibility index (Phi) is 5.33. The Morgan fingerprint density at radius 1 is 1.04 bits per heavy atom. The number of urea groups is 1. The van der Waals surface area contributed by atoms with Crippen LogP contribution in [0.2, 0.25) is 0 Å². The third-order valence-corrected chi connectivity index (χ3v) is 4.54. The van der Waals surface area contributed by atoms with Crippen molar-refractivity contribution in [1.29, 1.82) is 0 Å². The highest BCUT2D eigenvalue weighted by Gasteiger charge is 2.25. The lowest BCUT2D eigenvalue weighted by atomic mass is 10.1. The molecule has 3 amide bonds. The number of carbonyl (C=O) groups is 3. The van der Waals surface area contributed by atoms with Crippen LogP contribution in [0.3, 0.4) is 0 Å². The lowest BCUT2D eigenvalue weighted by Gasteiger charge is -2.35. The molecule has 1 saturated carbocycles. The molecule has 0 unspecified atom stereocenters. The normalized spacial score (nSPS) is 17.9. The van der Waals surface area contributed by atoms with E-state index >= 15 is 0 Å². The van der Waals surface area contributed by atoms with E-state index in [9.17, 15) is 14.4 Å². The molecule has 134 valence electrons. The van der Waals surface area contributed by atoms with E-state index in [1.807, 2.05) is 29.2 Å². The van der Waals surface area contributed by atoms with E-state index in [0.717, 1.165) is 44.7 Å². The topological polar surface area (TPSA) is 81.8 Å². The van der Waals surface area contributed by atoms with E-state index < -0.39 is 6.03 Å². The largest absolute Gasteiger partial charge is 0.369 e. The summed E-state index contributed by atoms with van der Waals surface area (Å²) in [5.74, 6) is -0.203. The van der Waals surface area contributed by atoms with Gasteiger partial charge in [0.25, 0.3) is 0 Å². The van der Waals surface area contributed by atoms with Gasteiger partial charge in [0.2, 0.25) is 5.91 Å². The van der Waals surface area contributed by atoms with Crippen LogP contribution < -0.4 is 15.5 Å². The van der Waals surface area contributed by atoms with Crippen molar-refractivity contribution < 1.29 is 14.4 Å². The zero-order valence-corrected chi connectivity index (χ0v) is 14.5. The van der Waals surface area contributed by atoms with E-state index in [-0.39, 0.29) is 24.3 Å². The van der Waals surface area contributed by atoms with Gasteiger partial charge >= 0.3 is 6.03 Å². The number of rotatable bonds is 5. The molecule has 2 N–H and O–H groups in total.